The third-order valence-electron chi connectivity index (χ3n) is 2.70. The molecule has 1 amide bonds. The van der Waals surface area contributed by atoms with Crippen LogP contribution in [0.2, 0.25) is 0 Å². The van der Waals surface area contributed by atoms with Gasteiger partial charge >= 0.3 is 0 Å². The highest BCUT2D eigenvalue weighted by Gasteiger charge is 2.24. The number of nitrogens with one attached hydrogen (secondary N) is 1. The monoisotopic (exact) mass is 220 g/mol. The Labute approximate surface area is 94.8 Å². The summed E-state index contributed by atoms with van der Waals surface area (Å²) < 4.78 is 5.04. The van der Waals surface area contributed by atoms with Crippen molar-refractivity contribution in [1.29, 1.82) is 0 Å². The predicted molar refractivity (Wildman–Crippen MR) is 63.4 cm³/mol. The van der Waals surface area contributed by atoms with E-state index in [0.29, 0.717) is 29.5 Å². The number of ether oxygens (including phenoxy) is 1. The van der Waals surface area contributed by atoms with Gasteiger partial charge in [-0.2, -0.15) is 0 Å². The lowest BCUT2D eigenvalue weighted by Crippen LogP contribution is -2.13. The standard InChI is InChI=1S/C12H16N2O2/c1-16-9-4-5-11(10(13)7-9)14-12(15)6-8-2-3-8/h4-5,7-8H,2-3,6,13H2,1H3,(H,14,15). The van der Waals surface area contributed by atoms with E-state index in [0.717, 1.165) is 0 Å². The topological polar surface area (TPSA) is 64.3 Å². The van der Waals surface area contributed by atoms with E-state index in [1.54, 1.807) is 25.3 Å². The van der Waals surface area contributed by atoms with E-state index in [1.165, 1.54) is 12.8 Å². The Morgan fingerprint density at radius 3 is 2.88 bits per heavy atom. The molecule has 1 saturated carbocycles. The Kier molecular flexibility index (Phi) is 2.99. The molecular formula is C12H16N2O2. The van der Waals surface area contributed by atoms with Gasteiger partial charge in [-0.1, -0.05) is 0 Å². The van der Waals surface area contributed by atoms with Crippen molar-refractivity contribution in [3.05, 3.63) is 18.2 Å². The number of nitrogens with two attached hydrogens (primary N) is 1. The minimum Gasteiger partial charge on any atom is -0.497 e. The summed E-state index contributed by atoms with van der Waals surface area (Å²) >= 11 is 0. The number of anilines is 2. The minimum atomic E-state index is 0.0411. The number of nitrogen functional groups attached to an aromatic ring is 1. The quantitative estimate of drug-likeness (QED) is 0.763. The van der Waals surface area contributed by atoms with Gasteiger partial charge in [0.1, 0.15) is 5.75 Å². The van der Waals surface area contributed by atoms with Gasteiger partial charge in [-0.3, -0.25) is 4.79 Å². The van der Waals surface area contributed by atoms with Crippen molar-refractivity contribution in [3.8, 4) is 5.75 Å². The summed E-state index contributed by atoms with van der Waals surface area (Å²) in [5, 5.41) is 2.81. The normalized spacial score (nSPS) is 14.6. The summed E-state index contributed by atoms with van der Waals surface area (Å²) in [6, 6.07) is 5.24. The maximum absolute atomic E-state index is 11.6. The second-order valence-electron chi connectivity index (χ2n) is 4.15. The van der Waals surface area contributed by atoms with Crippen LogP contribution >= 0.6 is 0 Å². The van der Waals surface area contributed by atoms with Gasteiger partial charge in [-0.25, -0.2) is 0 Å². The Balaban J connectivity index is 1.99. The van der Waals surface area contributed by atoms with E-state index in [9.17, 15) is 4.79 Å². The van der Waals surface area contributed by atoms with E-state index in [-0.39, 0.29) is 5.91 Å². The van der Waals surface area contributed by atoms with Gasteiger partial charge in [-0.15, -0.1) is 0 Å². The number of benzene rings is 1. The zero-order chi connectivity index (χ0) is 11.5. The second-order valence-corrected chi connectivity index (χ2v) is 4.15. The summed E-state index contributed by atoms with van der Waals surface area (Å²) in [5.41, 5.74) is 6.99. The highest BCUT2D eigenvalue weighted by molar-refractivity contribution is 5.94. The van der Waals surface area contributed by atoms with Gasteiger partial charge in [0.15, 0.2) is 0 Å². The molecule has 86 valence electrons. The molecule has 1 aromatic rings. The number of methoxy groups -OCH3 is 1. The lowest BCUT2D eigenvalue weighted by atomic mass is 10.2. The lowest BCUT2D eigenvalue weighted by Gasteiger charge is -2.09. The number of hydrogen-bond donors (Lipinski definition) is 2. The van der Waals surface area contributed by atoms with E-state index >= 15 is 0 Å². The van der Waals surface area contributed by atoms with Gasteiger partial charge in [0.2, 0.25) is 5.91 Å². The summed E-state index contributed by atoms with van der Waals surface area (Å²) in [7, 11) is 1.58. The van der Waals surface area contributed by atoms with Crippen molar-refractivity contribution < 1.29 is 9.53 Å². The van der Waals surface area contributed by atoms with Crippen LogP contribution < -0.4 is 15.8 Å². The molecular weight excluding hydrogens is 204 g/mol. The summed E-state index contributed by atoms with van der Waals surface area (Å²) in [6.45, 7) is 0. The molecule has 1 aromatic carbocycles. The van der Waals surface area contributed by atoms with Crippen LogP contribution in [0.3, 0.4) is 0 Å². The molecule has 1 aliphatic rings. The van der Waals surface area contributed by atoms with Gasteiger partial charge in [-0.05, 0) is 30.9 Å². The Hall–Kier alpha value is -1.71. The van der Waals surface area contributed by atoms with Crippen LogP contribution in [0.15, 0.2) is 18.2 Å². The van der Waals surface area contributed by atoms with Crippen molar-refractivity contribution >= 4 is 17.3 Å². The fourth-order valence-electron chi connectivity index (χ4n) is 1.57. The Bertz CT molecular complexity index is 400. The zero-order valence-electron chi connectivity index (χ0n) is 9.32. The average molecular weight is 220 g/mol. The van der Waals surface area contributed by atoms with Crippen LogP contribution in [0.5, 0.6) is 5.75 Å². The maximum atomic E-state index is 11.6. The lowest BCUT2D eigenvalue weighted by molar-refractivity contribution is -0.116. The summed E-state index contributed by atoms with van der Waals surface area (Å²) in [6.07, 6.45) is 2.95. The predicted octanol–water partition coefficient (Wildman–Crippen LogP) is 2.02. The number of hydrogen-bond acceptors (Lipinski definition) is 3. The van der Waals surface area contributed by atoms with E-state index in [4.69, 9.17) is 10.5 Å². The van der Waals surface area contributed by atoms with E-state index in [2.05, 4.69) is 5.32 Å². The molecule has 1 fully saturated rings. The highest BCUT2D eigenvalue weighted by Crippen LogP contribution is 2.33. The molecule has 0 spiro atoms. The summed E-state index contributed by atoms with van der Waals surface area (Å²) in [5.74, 6) is 1.32. The van der Waals surface area contributed by atoms with Gasteiger partial charge in [0.05, 0.1) is 18.5 Å². The molecule has 1 aliphatic carbocycles. The highest BCUT2D eigenvalue weighted by atomic mass is 16.5. The number of amides is 1. The third-order valence-corrected chi connectivity index (χ3v) is 2.70. The first-order valence-electron chi connectivity index (χ1n) is 5.42. The molecule has 4 heteroatoms. The smallest absolute Gasteiger partial charge is 0.224 e. The fourth-order valence-corrected chi connectivity index (χ4v) is 1.57. The maximum Gasteiger partial charge on any atom is 0.224 e. The van der Waals surface area contributed by atoms with Crippen molar-refractivity contribution in [2.75, 3.05) is 18.2 Å². The molecule has 16 heavy (non-hydrogen) atoms. The van der Waals surface area contributed by atoms with E-state index < -0.39 is 0 Å². The van der Waals surface area contributed by atoms with Crippen LogP contribution in [0.4, 0.5) is 11.4 Å². The number of carbonyl (C=O) groups is 1. The van der Waals surface area contributed by atoms with Crippen LogP contribution in [0.25, 0.3) is 0 Å². The molecule has 0 heterocycles. The SMILES string of the molecule is COc1ccc(NC(=O)CC2CC2)c(N)c1. The molecule has 0 saturated heterocycles. The first-order chi connectivity index (χ1) is 7.69. The molecule has 0 radical (unpaired) electrons. The van der Waals surface area contributed by atoms with Crippen molar-refractivity contribution in [2.24, 2.45) is 5.92 Å². The Morgan fingerprint density at radius 1 is 1.56 bits per heavy atom. The van der Waals surface area contributed by atoms with Gasteiger partial charge < -0.3 is 15.8 Å². The van der Waals surface area contributed by atoms with Crippen molar-refractivity contribution in [2.45, 2.75) is 19.3 Å². The van der Waals surface area contributed by atoms with Crippen molar-refractivity contribution in [1.82, 2.24) is 0 Å². The first-order valence-corrected chi connectivity index (χ1v) is 5.42. The molecule has 0 unspecified atom stereocenters. The van der Waals surface area contributed by atoms with Crippen LogP contribution in [-0.2, 0) is 4.79 Å². The number of rotatable bonds is 4. The molecule has 0 aromatic heterocycles. The van der Waals surface area contributed by atoms with E-state index in [1.807, 2.05) is 0 Å². The first kappa shape index (κ1) is 10.8. The molecule has 0 bridgehead atoms. The third kappa shape index (κ3) is 2.66. The van der Waals surface area contributed by atoms with Crippen LogP contribution in [0.1, 0.15) is 19.3 Å². The fraction of sp³-hybridized carbons (Fsp3) is 0.417. The van der Waals surface area contributed by atoms with Crippen molar-refractivity contribution in [3.63, 3.8) is 0 Å². The molecule has 3 N–H and O–H groups in total. The van der Waals surface area contributed by atoms with Crippen LogP contribution in [-0.4, -0.2) is 13.0 Å². The van der Waals surface area contributed by atoms with Gasteiger partial charge in [0.25, 0.3) is 0 Å². The Morgan fingerprint density at radius 2 is 2.31 bits per heavy atom. The number of carbonyl (C=O) groups excluding carboxylic acids is 1. The zero-order valence-corrected chi connectivity index (χ0v) is 9.32. The van der Waals surface area contributed by atoms with Crippen LogP contribution in [0, 0.1) is 5.92 Å². The largest absolute Gasteiger partial charge is 0.497 e. The summed E-state index contributed by atoms with van der Waals surface area (Å²) in [4.78, 5) is 11.6. The molecule has 2 rings (SSSR count). The minimum absolute atomic E-state index is 0.0411. The average Bonchev–Trinajstić information content (AvgIpc) is 3.05. The molecule has 0 atom stereocenters. The van der Waals surface area contributed by atoms with Gasteiger partial charge in [0, 0.05) is 12.5 Å². The molecule has 4 nitrogen and oxygen atoms in total. The molecule has 0 aliphatic heterocycles. The second kappa shape index (κ2) is 4.43.